The zero-order valence-corrected chi connectivity index (χ0v) is 12.5. The molecule has 3 rings (SSSR count). The van der Waals surface area contributed by atoms with Crippen molar-refractivity contribution in [3.63, 3.8) is 0 Å². The molecular weight excluding hydrogens is 324 g/mol. The van der Waals surface area contributed by atoms with Crippen molar-refractivity contribution in [2.45, 2.75) is 13.1 Å². The molecule has 0 bridgehead atoms. The van der Waals surface area contributed by atoms with Gasteiger partial charge in [-0.3, -0.25) is 4.79 Å². The van der Waals surface area contributed by atoms with Crippen molar-refractivity contribution in [1.29, 1.82) is 0 Å². The normalized spacial score (nSPS) is 14.0. The van der Waals surface area contributed by atoms with E-state index >= 15 is 0 Å². The van der Waals surface area contributed by atoms with Crippen LogP contribution in [0.15, 0.2) is 29.0 Å². The van der Waals surface area contributed by atoms with E-state index < -0.39 is 0 Å². The number of ether oxygens (including phenoxy) is 1. The fourth-order valence-electron chi connectivity index (χ4n) is 2.22. The first-order valence-electron chi connectivity index (χ1n) is 6.18. The molecule has 1 amide bonds. The number of fused-ring (bicyclic) bond motifs is 1. The number of halogens is 1. The summed E-state index contributed by atoms with van der Waals surface area (Å²) in [6.45, 7) is 1.78. The van der Waals surface area contributed by atoms with E-state index in [9.17, 15) is 4.79 Å². The maximum absolute atomic E-state index is 12.5. The van der Waals surface area contributed by atoms with Gasteiger partial charge in [0.1, 0.15) is 17.9 Å². The largest absolute Gasteiger partial charge is 0.497 e. The highest BCUT2D eigenvalue weighted by atomic mass is 79.9. The lowest BCUT2D eigenvalue weighted by atomic mass is 10.1. The van der Waals surface area contributed by atoms with Crippen LogP contribution < -0.4 is 4.74 Å². The van der Waals surface area contributed by atoms with Gasteiger partial charge >= 0.3 is 0 Å². The highest BCUT2D eigenvalue weighted by molar-refractivity contribution is 9.10. The van der Waals surface area contributed by atoms with Crippen LogP contribution in [0.2, 0.25) is 0 Å². The van der Waals surface area contributed by atoms with Gasteiger partial charge in [0, 0.05) is 16.6 Å². The van der Waals surface area contributed by atoms with Crippen molar-refractivity contribution in [2.24, 2.45) is 0 Å². The molecule has 1 aliphatic heterocycles. The molecule has 7 heteroatoms. The van der Waals surface area contributed by atoms with E-state index in [4.69, 9.17) is 4.74 Å². The minimum absolute atomic E-state index is 0.0288. The summed E-state index contributed by atoms with van der Waals surface area (Å²) in [5, 5.41) is 4.10. The molecule has 0 saturated carbocycles. The molecular formula is C13H13BrN4O2. The zero-order valence-electron chi connectivity index (χ0n) is 10.9. The van der Waals surface area contributed by atoms with Gasteiger partial charge in [-0.2, -0.15) is 5.10 Å². The van der Waals surface area contributed by atoms with E-state index in [1.807, 2.05) is 10.7 Å². The molecule has 1 aromatic carbocycles. The Morgan fingerprint density at radius 2 is 2.20 bits per heavy atom. The summed E-state index contributed by atoms with van der Waals surface area (Å²) >= 11 is 3.39. The third-order valence-corrected chi connectivity index (χ3v) is 3.71. The summed E-state index contributed by atoms with van der Waals surface area (Å²) in [6.07, 6.45) is 1.52. The molecule has 0 saturated heterocycles. The van der Waals surface area contributed by atoms with Crippen molar-refractivity contribution in [2.75, 3.05) is 13.7 Å². The molecule has 0 aliphatic carbocycles. The number of aromatic nitrogens is 3. The molecule has 0 atom stereocenters. The van der Waals surface area contributed by atoms with Gasteiger partial charge in [-0.05, 0) is 18.2 Å². The summed E-state index contributed by atoms with van der Waals surface area (Å²) in [5.41, 5.74) is 0.601. The number of amides is 1. The highest BCUT2D eigenvalue weighted by Gasteiger charge is 2.23. The van der Waals surface area contributed by atoms with E-state index in [0.717, 1.165) is 10.3 Å². The average molecular weight is 337 g/mol. The van der Waals surface area contributed by atoms with Gasteiger partial charge in [0.15, 0.2) is 0 Å². The molecule has 0 unspecified atom stereocenters. The zero-order chi connectivity index (χ0) is 14.1. The van der Waals surface area contributed by atoms with Crippen LogP contribution in [0.1, 0.15) is 16.2 Å². The van der Waals surface area contributed by atoms with Gasteiger partial charge in [0.05, 0.1) is 20.2 Å². The molecule has 2 aromatic rings. The first-order valence-corrected chi connectivity index (χ1v) is 6.97. The lowest BCUT2D eigenvalue weighted by Gasteiger charge is -2.27. The Hall–Kier alpha value is -1.89. The maximum Gasteiger partial charge on any atom is 0.254 e. The Morgan fingerprint density at radius 1 is 1.35 bits per heavy atom. The van der Waals surface area contributed by atoms with E-state index in [-0.39, 0.29) is 5.91 Å². The second-order valence-corrected chi connectivity index (χ2v) is 5.42. The van der Waals surface area contributed by atoms with Gasteiger partial charge < -0.3 is 9.64 Å². The summed E-state index contributed by atoms with van der Waals surface area (Å²) in [7, 11) is 1.58. The van der Waals surface area contributed by atoms with Crippen LogP contribution in [0.4, 0.5) is 0 Å². The molecule has 1 aliphatic rings. The Labute approximate surface area is 124 Å². The number of hydrogen-bond donors (Lipinski definition) is 0. The standard InChI is InChI=1S/C13H13BrN4O2/c1-20-11-5-9(4-10(14)6-11)13(19)17-2-3-18-12(7-17)15-8-16-18/h4-6,8H,2-3,7H2,1H3. The minimum Gasteiger partial charge on any atom is -0.497 e. The Kier molecular flexibility index (Phi) is 3.43. The fraction of sp³-hybridized carbons (Fsp3) is 0.308. The summed E-state index contributed by atoms with van der Waals surface area (Å²) < 4.78 is 7.83. The predicted molar refractivity (Wildman–Crippen MR) is 75.5 cm³/mol. The second-order valence-electron chi connectivity index (χ2n) is 4.51. The van der Waals surface area contributed by atoms with E-state index in [1.54, 1.807) is 24.1 Å². The van der Waals surface area contributed by atoms with Gasteiger partial charge in [0.2, 0.25) is 0 Å². The SMILES string of the molecule is COc1cc(Br)cc(C(=O)N2CCn3ncnc3C2)c1. The van der Waals surface area contributed by atoms with Gasteiger partial charge in [-0.1, -0.05) is 15.9 Å². The molecule has 104 valence electrons. The molecule has 0 fully saturated rings. The Bertz CT molecular complexity index is 656. The van der Waals surface area contributed by atoms with Gasteiger partial charge in [0.25, 0.3) is 5.91 Å². The van der Waals surface area contributed by atoms with Crippen LogP contribution in [-0.2, 0) is 13.1 Å². The van der Waals surface area contributed by atoms with Crippen LogP contribution in [0, 0.1) is 0 Å². The number of rotatable bonds is 2. The van der Waals surface area contributed by atoms with Crippen molar-refractivity contribution in [3.05, 3.63) is 40.4 Å². The van der Waals surface area contributed by atoms with Gasteiger partial charge in [-0.25, -0.2) is 9.67 Å². The van der Waals surface area contributed by atoms with E-state index in [0.29, 0.717) is 30.9 Å². The number of methoxy groups -OCH3 is 1. The third kappa shape index (κ3) is 2.40. The summed E-state index contributed by atoms with van der Waals surface area (Å²) in [6, 6.07) is 5.36. The lowest BCUT2D eigenvalue weighted by molar-refractivity contribution is 0.0702. The number of benzene rings is 1. The van der Waals surface area contributed by atoms with Crippen LogP contribution in [-0.4, -0.2) is 39.2 Å². The van der Waals surface area contributed by atoms with Crippen molar-refractivity contribution in [3.8, 4) is 5.75 Å². The van der Waals surface area contributed by atoms with Crippen molar-refractivity contribution < 1.29 is 9.53 Å². The second kappa shape index (κ2) is 5.24. The van der Waals surface area contributed by atoms with E-state index in [1.165, 1.54) is 6.33 Å². The topological polar surface area (TPSA) is 60.2 Å². The van der Waals surface area contributed by atoms with Crippen LogP contribution in [0.25, 0.3) is 0 Å². The molecule has 6 nitrogen and oxygen atoms in total. The summed E-state index contributed by atoms with van der Waals surface area (Å²) in [4.78, 5) is 18.5. The van der Waals surface area contributed by atoms with Crippen molar-refractivity contribution in [1.82, 2.24) is 19.7 Å². The maximum atomic E-state index is 12.5. The first kappa shape index (κ1) is 13.1. The van der Waals surface area contributed by atoms with Crippen LogP contribution in [0.5, 0.6) is 5.75 Å². The van der Waals surface area contributed by atoms with Crippen molar-refractivity contribution >= 4 is 21.8 Å². The molecule has 0 radical (unpaired) electrons. The Balaban J connectivity index is 1.85. The molecule has 2 heterocycles. The number of carbonyl (C=O) groups excluding carboxylic acids is 1. The molecule has 20 heavy (non-hydrogen) atoms. The first-order chi connectivity index (χ1) is 9.67. The number of nitrogens with zero attached hydrogens (tertiary/aromatic N) is 4. The monoisotopic (exact) mass is 336 g/mol. The predicted octanol–water partition coefficient (Wildman–Crippen LogP) is 1.71. The Morgan fingerprint density at radius 3 is 3.00 bits per heavy atom. The summed E-state index contributed by atoms with van der Waals surface area (Å²) in [5.74, 6) is 1.44. The quantitative estimate of drug-likeness (QED) is 0.837. The molecule has 0 spiro atoms. The molecule has 1 aromatic heterocycles. The fourth-order valence-corrected chi connectivity index (χ4v) is 2.69. The van der Waals surface area contributed by atoms with Gasteiger partial charge in [-0.15, -0.1) is 0 Å². The van der Waals surface area contributed by atoms with E-state index in [2.05, 4.69) is 26.0 Å². The number of hydrogen-bond acceptors (Lipinski definition) is 4. The average Bonchev–Trinajstić information content (AvgIpc) is 2.93. The van der Waals surface area contributed by atoms with Crippen LogP contribution >= 0.6 is 15.9 Å². The smallest absolute Gasteiger partial charge is 0.254 e. The third-order valence-electron chi connectivity index (χ3n) is 3.25. The molecule has 0 N–H and O–H groups in total. The highest BCUT2D eigenvalue weighted by Crippen LogP contribution is 2.23. The minimum atomic E-state index is -0.0288. The lowest BCUT2D eigenvalue weighted by Crippen LogP contribution is -2.38. The van der Waals surface area contributed by atoms with Crippen LogP contribution in [0.3, 0.4) is 0 Å². The number of carbonyl (C=O) groups is 1.